The minimum absolute atomic E-state index is 0.0132. The van der Waals surface area contributed by atoms with E-state index in [1.807, 2.05) is 0 Å². The van der Waals surface area contributed by atoms with Crippen molar-refractivity contribution >= 4 is 23.8 Å². The van der Waals surface area contributed by atoms with Gasteiger partial charge in [-0.15, -0.1) is 0 Å². The highest BCUT2D eigenvalue weighted by molar-refractivity contribution is 5.89. The molecule has 10 nitrogen and oxygen atoms in total. The molecule has 8 saturated carbocycles. The number of aromatic nitrogens is 2. The fourth-order valence-electron chi connectivity index (χ4n) is 20.6. The summed E-state index contributed by atoms with van der Waals surface area (Å²) in [7, 11) is 0. The summed E-state index contributed by atoms with van der Waals surface area (Å²) in [5.74, 6) is 8.45. The molecule has 404 valence electrons. The molecular weight excluding hydrogens is 921 g/mol. The molecule has 0 spiro atoms. The number of nitrogens with zero attached hydrogens (tertiary/aromatic N) is 4. The van der Waals surface area contributed by atoms with Crippen molar-refractivity contribution in [3.63, 3.8) is 0 Å². The number of piperazine rings is 1. The number of hydrogen-bond donors (Lipinski definition) is 0. The number of ether oxygens (including phenoxy) is 2. The van der Waals surface area contributed by atoms with Crippen molar-refractivity contribution in [1.82, 2.24) is 19.8 Å². The number of carbonyl (C=O) groups is 4. The third-order valence-corrected chi connectivity index (χ3v) is 24.7. The first-order valence-electron chi connectivity index (χ1n) is 30.4. The molecule has 2 aromatic heterocycles. The Kier molecular flexibility index (Phi) is 14.7. The summed E-state index contributed by atoms with van der Waals surface area (Å²) in [5, 5.41) is 0. The molecule has 0 aromatic carbocycles. The predicted molar refractivity (Wildman–Crippen MR) is 287 cm³/mol. The van der Waals surface area contributed by atoms with E-state index in [-0.39, 0.29) is 36.0 Å². The Labute approximate surface area is 444 Å². The zero-order chi connectivity index (χ0) is 51.6. The summed E-state index contributed by atoms with van der Waals surface area (Å²) >= 11 is 0. The molecule has 18 atom stereocenters. The van der Waals surface area contributed by atoms with Crippen LogP contribution in [0.15, 0.2) is 49.1 Å². The fourth-order valence-corrected chi connectivity index (χ4v) is 20.6. The summed E-state index contributed by atoms with van der Waals surface area (Å²) in [4.78, 5) is 65.7. The van der Waals surface area contributed by atoms with Crippen LogP contribution < -0.4 is 0 Å². The summed E-state index contributed by atoms with van der Waals surface area (Å²) in [6, 6.07) is 7.00. The highest BCUT2D eigenvalue weighted by Crippen LogP contribution is 2.70. The van der Waals surface area contributed by atoms with Crippen molar-refractivity contribution in [2.24, 2.45) is 92.7 Å². The van der Waals surface area contributed by atoms with E-state index in [2.05, 4.69) is 61.3 Å². The van der Waals surface area contributed by atoms with Gasteiger partial charge in [-0.25, -0.2) is 9.59 Å². The SMILES string of the molecule is C[C@H](CCC(=O)N1CCN(C(=O)CC[C@@H](C)[C@H]2CC[C@H]3[C@@H]4CC[C@@H]5C[C@H](OC(=O)c6ccncc6)CC[C@]5(C)[C@H]4CC[C@]23C)CC1)[C@H]1CC[C@H]2[C@@H]3CC[C@@H]4C[C@H](OC(=O)c5ccncc5)CC[C@]4(C)[C@H]3CC[C@]12C. The molecule has 0 N–H and O–H groups in total. The second-order valence-electron chi connectivity index (χ2n) is 27.6. The van der Waals surface area contributed by atoms with Crippen molar-refractivity contribution in [2.75, 3.05) is 26.2 Å². The minimum atomic E-state index is -0.209. The van der Waals surface area contributed by atoms with E-state index in [1.54, 1.807) is 49.1 Å². The number of esters is 2. The maximum atomic E-state index is 13.8. The first-order chi connectivity index (χ1) is 35.6. The third kappa shape index (κ3) is 9.48. The molecular formula is C64H92N4O6. The lowest BCUT2D eigenvalue weighted by Gasteiger charge is -2.61. The van der Waals surface area contributed by atoms with Crippen LogP contribution in [0.2, 0.25) is 0 Å². The zero-order valence-corrected chi connectivity index (χ0v) is 46.3. The predicted octanol–water partition coefficient (Wildman–Crippen LogP) is 13.0. The average molecular weight is 1010 g/mol. The van der Waals surface area contributed by atoms with Crippen LogP contribution >= 0.6 is 0 Å². The summed E-state index contributed by atoms with van der Waals surface area (Å²) in [6.45, 7) is 18.0. The summed E-state index contributed by atoms with van der Waals surface area (Å²) < 4.78 is 12.2. The Hall–Kier alpha value is -3.82. The van der Waals surface area contributed by atoms with E-state index < -0.39 is 0 Å². The Morgan fingerprint density at radius 1 is 0.500 bits per heavy atom. The topological polar surface area (TPSA) is 119 Å². The van der Waals surface area contributed by atoms with Gasteiger partial charge in [0.1, 0.15) is 12.2 Å². The van der Waals surface area contributed by atoms with Gasteiger partial charge in [-0.05, 0) is 245 Å². The first-order valence-corrected chi connectivity index (χ1v) is 30.4. The van der Waals surface area contributed by atoms with Crippen molar-refractivity contribution in [1.29, 1.82) is 0 Å². The maximum absolute atomic E-state index is 13.8. The zero-order valence-electron chi connectivity index (χ0n) is 46.3. The smallest absolute Gasteiger partial charge is 0.338 e. The van der Waals surface area contributed by atoms with E-state index in [9.17, 15) is 19.2 Å². The molecule has 10 heteroatoms. The van der Waals surface area contributed by atoms with E-state index in [0.717, 1.165) is 86.9 Å². The van der Waals surface area contributed by atoms with Crippen LogP contribution in [0, 0.1) is 92.7 Å². The number of amides is 2. The molecule has 0 radical (unpaired) electrons. The largest absolute Gasteiger partial charge is 0.459 e. The molecule has 0 unspecified atom stereocenters. The van der Waals surface area contributed by atoms with Crippen molar-refractivity contribution in [2.45, 2.75) is 195 Å². The molecule has 8 aliphatic carbocycles. The highest BCUT2D eigenvalue weighted by atomic mass is 16.5. The molecule has 1 aliphatic heterocycles. The Balaban J connectivity index is 0.604. The van der Waals surface area contributed by atoms with Gasteiger partial charge in [0, 0.05) is 63.8 Å². The van der Waals surface area contributed by atoms with Gasteiger partial charge in [-0.2, -0.15) is 0 Å². The molecule has 9 aliphatic rings. The van der Waals surface area contributed by atoms with Gasteiger partial charge in [0.05, 0.1) is 11.1 Å². The second-order valence-corrected chi connectivity index (χ2v) is 27.6. The van der Waals surface area contributed by atoms with E-state index in [1.165, 1.54) is 77.0 Å². The number of pyridine rings is 2. The molecule has 1 saturated heterocycles. The van der Waals surface area contributed by atoms with Gasteiger partial charge in [0.25, 0.3) is 0 Å². The molecule has 11 rings (SSSR count). The molecule has 3 heterocycles. The van der Waals surface area contributed by atoms with Gasteiger partial charge < -0.3 is 19.3 Å². The normalized spacial score (nSPS) is 41.2. The third-order valence-electron chi connectivity index (χ3n) is 24.7. The number of carbonyl (C=O) groups excluding carboxylic acids is 4. The van der Waals surface area contributed by atoms with Crippen LogP contribution in [0.4, 0.5) is 0 Å². The van der Waals surface area contributed by atoms with E-state index in [0.29, 0.717) is 107 Å². The average Bonchev–Trinajstić information content (AvgIpc) is 3.97. The molecule has 9 fully saturated rings. The van der Waals surface area contributed by atoms with Gasteiger partial charge in [-0.3, -0.25) is 19.6 Å². The van der Waals surface area contributed by atoms with Gasteiger partial charge in [0.2, 0.25) is 11.8 Å². The standard InChI is InChI=1S/C64H92N4O6/c1-41(51-13-15-53-49-11-9-45-39-47(73-59(71)43-23-31-65-32-24-43)19-27-61(45,3)55(49)21-29-63(51,53)5)7-17-57(69)67-35-37-68(38-36-67)58(70)18-8-42(2)52-14-16-54-50-12-10-46-40-48(74-60(72)44-25-33-66-34-26-44)20-28-62(46,4)56(50)22-30-64(52,54)6/h23-26,31-34,41-42,45-56H,7-22,27-30,35-40H2,1-6H3/t41-,42-,45-,46-,47-,48-,49+,50+,51-,52-,53+,54+,55+,56+,61+,62+,63-,64-/m1/s1. The van der Waals surface area contributed by atoms with Crippen molar-refractivity contribution < 1.29 is 28.7 Å². The van der Waals surface area contributed by atoms with Gasteiger partial charge in [0.15, 0.2) is 0 Å². The van der Waals surface area contributed by atoms with Crippen molar-refractivity contribution in [3.05, 3.63) is 60.2 Å². The van der Waals surface area contributed by atoms with E-state index >= 15 is 0 Å². The summed E-state index contributed by atoms with van der Waals surface area (Å²) in [6.07, 6.45) is 31.7. The maximum Gasteiger partial charge on any atom is 0.338 e. The molecule has 74 heavy (non-hydrogen) atoms. The Bertz CT molecular complexity index is 2180. The van der Waals surface area contributed by atoms with Crippen LogP contribution in [0.1, 0.15) is 204 Å². The lowest BCUT2D eigenvalue weighted by molar-refractivity contribution is -0.140. The van der Waals surface area contributed by atoms with Crippen LogP contribution in [-0.4, -0.2) is 81.9 Å². The Morgan fingerprint density at radius 2 is 0.865 bits per heavy atom. The minimum Gasteiger partial charge on any atom is -0.459 e. The highest BCUT2D eigenvalue weighted by Gasteiger charge is 2.63. The fraction of sp³-hybridized carbons (Fsp3) is 0.781. The molecule has 2 aromatic rings. The Morgan fingerprint density at radius 3 is 1.26 bits per heavy atom. The van der Waals surface area contributed by atoms with Crippen LogP contribution in [0.3, 0.4) is 0 Å². The number of rotatable bonds is 12. The summed E-state index contributed by atoms with van der Waals surface area (Å²) in [5.41, 5.74) is 2.56. The number of fused-ring (bicyclic) bond motifs is 10. The van der Waals surface area contributed by atoms with Crippen LogP contribution in [0.5, 0.6) is 0 Å². The molecule has 0 bridgehead atoms. The van der Waals surface area contributed by atoms with Gasteiger partial charge in [-0.1, -0.05) is 41.5 Å². The van der Waals surface area contributed by atoms with Gasteiger partial charge >= 0.3 is 11.9 Å². The number of hydrogen-bond acceptors (Lipinski definition) is 8. The van der Waals surface area contributed by atoms with Crippen LogP contribution in [-0.2, 0) is 19.1 Å². The first kappa shape index (κ1) is 52.2. The second kappa shape index (κ2) is 20.9. The quantitative estimate of drug-likeness (QED) is 0.193. The molecule has 2 amide bonds. The van der Waals surface area contributed by atoms with Crippen LogP contribution in [0.25, 0.3) is 0 Å². The van der Waals surface area contributed by atoms with E-state index in [4.69, 9.17) is 9.47 Å². The van der Waals surface area contributed by atoms with Crippen molar-refractivity contribution in [3.8, 4) is 0 Å². The lowest BCUT2D eigenvalue weighted by Crippen LogP contribution is -2.54. The lowest BCUT2D eigenvalue weighted by atomic mass is 9.44. The monoisotopic (exact) mass is 1010 g/mol.